The number of rotatable bonds is 9. The smallest absolute Gasteiger partial charge is 0.147 e. The summed E-state index contributed by atoms with van der Waals surface area (Å²) in [4.78, 5) is 2.50. The third-order valence-electron chi connectivity index (χ3n) is 4.69. The molecule has 2 saturated heterocycles. The van der Waals surface area contributed by atoms with Crippen molar-refractivity contribution in [2.45, 2.75) is 37.7 Å². The second kappa shape index (κ2) is 8.76. The van der Waals surface area contributed by atoms with Crippen molar-refractivity contribution in [3.8, 4) is 0 Å². The molecule has 0 N–H and O–H groups in total. The quantitative estimate of drug-likeness (QED) is 0.514. The number of fused-ring (bicyclic) bond motifs is 1. The summed E-state index contributed by atoms with van der Waals surface area (Å²) in [5.74, 6) is 0. The molecule has 3 atom stereocenters. The van der Waals surface area contributed by atoms with Crippen LogP contribution in [-0.2, 0) is 25.6 Å². The van der Waals surface area contributed by atoms with Crippen molar-refractivity contribution in [2.75, 3.05) is 40.2 Å². The van der Waals surface area contributed by atoms with E-state index >= 15 is 0 Å². The summed E-state index contributed by atoms with van der Waals surface area (Å²) in [6, 6.07) is 10.7. The standard InChI is InChI=1S/C18H27NO4/c1-20-11-12-21-14-23-17-8-10-19-9-7-16(18(17)19)22-13-15-5-3-2-4-6-15/h2-6,16-18H,7-14H2,1H3/t16-,17+,18+/m0/s1. The van der Waals surface area contributed by atoms with Gasteiger partial charge in [0.1, 0.15) is 6.79 Å². The zero-order chi connectivity index (χ0) is 15.9. The molecule has 2 aliphatic heterocycles. The van der Waals surface area contributed by atoms with Crippen LogP contribution in [-0.4, -0.2) is 63.4 Å². The fraction of sp³-hybridized carbons (Fsp3) is 0.667. The molecule has 0 spiro atoms. The van der Waals surface area contributed by atoms with E-state index in [1.54, 1.807) is 7.11 Å². The van der Waals surface area contributed by atoms with Crippen LogP contribution in [0.4, 0.5) is 0 Å². The third kappa shape index (κ3) is 4.52. The molecule has 0 bridgehead atoms. The molecule has 2 heterocycles. The molecule has 23 heavy (non-hydrogen) atoms. The first-order chi connectivity index (χ1) is 11.4. The fourth-order valence-electron chi connectivity index (χ4n) is 3.53. The van der Waals surface area contributed by atoms with Crippen molar-refractivity contribution in [1.29, 1.82) is 0 Å². The normalized spacial score (nSPS) is 27.4. The maximum atomic E-state index is 6.20. The first kappa shape index (κ1) is 16.9. The van der Waals surface area contributed by atoms with Crippen LogP contribution in [0, 0.1) is 0 Å². The molecule has 2 fully saturated rings. The summed E-state index contributed by atoms with van der Waals surface area (Å²) in [5.41, 5.74) is 1.23. The lowest BCUT2D eigenvalue weighted by atomic mass is 10.1. The summed E-state index contributed by atoms with van der Waals surface area (Å²) in [6.45, 7) is 4.39. The topological polar surface area (TPSA) is 40.2 Å². The van der Waals surface area contributed by atoms with Crippen LogP contribution in [0.2, 0.25) is 0 Å². The molecule has 3 rings (SSSR count). The Morgan fingerprint density at radius 2 is 1.74 bits per heavy atom. The fourth-order valence-corrected chi connectivity index (χ4v) is 3.53. The monoisotopic (exact) mass is 321 g/mol. The Balaban J connectivity index is 1.46. The maximum Gasteiger partial charge on any atom is 0.147 e. The van der Waals surface area contributed by atoms with E-state index in [0.29, 0.717) is 32.7 Å². The van der Waals surface area contributed by atoms with Crippen LogP contribution in [0.3, 0.4) is 0 Å². The van der Waals surface area contributed by atoms with Gasteiger partial charge in [0.25, 0.3) is 0 Å². The summed E-state index contributed by atoms with van der Waals surface area (Å²) in [7, 11) is 1.67. The van der Waals surface area contributed by atoms with Crippen LogP contribution >= 0.6 is 0 Å². The summed E-state index contributed by atoms with van der Waals surface area (Å²) < 4.78 is 22.5. The van der Waals surface area contributed by atoms with E-state index in [2.05, 4.69) is 29.2 Å². The average molecular weight is 321 g/mol. The van der Waals surface area contributed by atoms with Gasteiger partial charge in [-0.2, -0.15) is 0 Å². The van der Waals surface area contributed by atoms with Gasteiger partial charge in [-0.3, -0.25) is 4.90 Å². The van der Waals surface area contributed by atoms with Gasteiger partial charge in [-0.05, 0) is 18.4 Å². The molecule has 1 aromatic carbocycles. The Kier molecular flexibility index (Phi) is 6.42. The Morgan fingerprint density at radius 1 is 1.00 bits per heavy atom. The molecule has 5 heteroatoms. The van der Waals surface area contributed by atoms with Gasteiger partial charge in [0, 0.05) is 20.2 Å². The van der Waals surface area contributed by atoms with Crippen molar-refractivity contribution in [3.63, 3.8) is 0 Å². The lowest BCUT2D eigenvalue weighted by Crippen LogP contribution is -2.39. The molecule has 1 aromatic rings. The van der Waals surface area contributed by atoms with E-state index in [-0.39, 0.29) is 12.2 Å². The van der Waals surface area contributed by atoms with Crippen molar-refractivity contribution in [3.05, 3.63) is 35.9 Å². The predicted molar refractivity (Wildman–Crippen MR) is 87.2 cm³/mol. The van der Waals surface area contributed by atoms with Crippen LogP contribution in [0.25, 0.3) is 0 Å². The second-order valence-electron chi connectivity index (χ2n) is 6.16. The van der Waals surface area contributed by atoms with E-state index in [0.717, 1.165) is 25.9 Å². The molecule has 128 valence electrons. The van der Waals surface area contributed by atoms with Gasteiger partial charge in [0.2, 0.25) is 0 Å². The zero-order valence-corrected chi connectivity index (χ0v) is 13.9. The minimum Gasteiger partial charge on any atom is -0.382 e. The highest BCUT2D eigenvalue weighted by Gasteiger charge is 2.45. The highest BCUT2D eigenvalue weighted by molar-refractivity contribution is 5.13. The number of methoxy groups -OCH3 is 1. The average Bonchev–Trinajstić information content (AvgIpc) is 3.17. The molecule has 0 aromatic heterocycles. The second-order valence-corrected chi connectivity index (χ2v) is 6.16. The molecule has 2 aliphatic rings. The molecule has 0 radical (unpaired) electrons. The minimum atomic E-state index is 0.209. The highest BCUT2D eigenvalue weighted by atomic mass is 16.7. The molecule has 0 unspecified atom stereocenters. The van der Waals surface area contributed by atoms with E-state index < -0.39 is 0 Å². The lowest BCUT2D eigenvalue weighted by Gasteiger charge is -2.26. The maximum absolute atomic E-state index is 6.20. The number of nitrogens with zero attached hydrogens (tertiary/aromatic N) is 1. The Hall–Kier alpha value is -0.980. The number of hydrogen-bond acceptors (Lipinski definition) is 5. The Bertz CT molecular complexity index is 456. The first-order valence-electron chi connectivity index (χ1n) is 8.46. The predicted octanol–water partition coefficient (Wildman–Crippen LogP) is 2.06. The molecular weight excluding hydrogens is 294 g/mol. The third-order valence-corrected chi connectivity index (χ3v) is 4.69. The first-order valence-corrected chi connectivity index (χ1v) is 8.46. The van der Waals surface area contributed by atoms with Gasteiger partial charge in [-0.1, -0.05) is 30.3 Å². The molecule has 0 amide bonds. The Morgan fingerprint density at radius 3 is 2.48 bits per heavy atom. The van der Waals surface area contributed by atoms with E-state index in [9.17, 15) is 0 Å². The Labute approximate surface area is 138 Å². The number of ether oxygens (including phenoxy) is 4. The SMILES string of the molecule is COCCOCO[C@@H]1CCN2CC[C@H](OCc3ccccc3)[C@H]12. The van der Waals surface area contributed by atoms with Crippen LogP contribution in [0.1, 0.15) is 18.4 Å². The van der Waals surface area contributed by atoms with E-state index in [1.807, 2.05) is 6.07 Å². The van der Waals surface area contributed by atoms with Crippen LogP contribution < -0.4 is 0 Å². The van der Waals surface area contributed by atoms with Crippen LogP contribution in [0.15, 0.2) is 30.3 Å². The van der Waals surface area contributed by atoms with Gasteiger partial charge in [0.05, 0.1) is 38.1 Å². The molecule has 0 saturated carbocycles. The van der Waals surface area contributed by atoms with Gasteiger partial charge in [-0.25, -0.2) is 0 Å². The summed E-state index contributed by atoms with van der Waals surface area (Å²) in [6.07, 6.45) is 2.60. The zero-order valence-electron chi connectivity index (χ0n) is 13.9. The van der Waals surface area contributed by atoms with Crippen molar-refractivity contribution >= 4 is 0 Å². The van der Waals surface area contributed by atoms with Crippen molar-refractivity contribution < 1.29 is 18.9 Å². The van der Waals surface area contributed by atoms with Gasteiger partial charge in [0.15, 0.2) is 0 Å². The number of benzene rings is 1. The lowest BCUT2D eigenvalue weighted by molar-refractivity contribution is -0.116. The molecular formula is C18H27NO4. The van der Waals surface area contributed by atoms with E-state index in [1.165, 1.54) is 5.56 Å². The number of hydrogen-bond donors (Lipinski definition) is 0. The van der Waals surface area contributed by atoms with Gasteiger partial charge < -0.3 is 18.9 Å². The van der Waals surface area contributed by atoms with Crippen molar-refractivity contribution in [2.24, 2.45) is 0 Å². The van der Waals surface area contributed by atoms with Gasteiger partial charge >= 0.3 is 0 Å². The largest absolute Gasteiger partial charge is 0.382 e. The minimum absolute atomic E-state index is 0.209. The highest BCUT2D eigenvalue weighted by Crippen LogP contribution is 2.32. The summed E-state index contributed by atoms with van der Waals surface area (Å²) in [5, 5.41) is 0. The summed E-state index contributed by atoms with van der Waals surface area (Å²) >= 11 is 0. The molecule has 5 nitrogen and oxygen atoms in total. The molecule has 0 aliphatic carbocycles. The van der Waals surface area contributed by atoms with E-state index in [4.69, 9.17) is 18.9 Å². The van der Waals surface area contributed by atoms with Crippen LogP contribution in [0.5, 0.6) is 0 Å². The van der Waals surface area contributed by atoms with Gasteiger partial charge in [-0.15, -0.1) is 0 Å². The van der Waals surface area contributed by atoms with Crippen molar-refractivity contribution in [1.82, 2.24) is 4.90 Å².